The SMILES string of the molecule is COCc1cncc(C=C2CC3CCC2N3)c1. The minimum Gasteiger partial charge on any atom is -0.380 e. The largest absolute Gasteiger partial charge is 0.380 e. The first-order chi connectivity index (χ1) is 8.35. The molecule has 2 atom stereocenters. The van der Waals surface area contributed by atoms with Gasteiger partial charge in [-0.05, 0) is 36.5 Å². The Bertz CT molecular complexity index is 442. The molecule has 1 aromatic rings. The van der Waals surface area contributed by atoms with Crippen LogP contribution in [0, 0.1) is 0 Å². The van der Waals surface area contributed by atoms with Crippen molar-refractivity contribution in [1.29, 1.82) is 0 Å². The molecule has 2 saturated heterocycles. The maximum atomic E-state index is 5.13. The van der Waals surface area contributed by atoms with Crippen LogP contribution in [-0.2, 0) is 11.3 Å². The molecule has 0 spiro atoms. The molecular weight excluding hydrogens is 212 g/mol. The van der Waals surface area contributed by atoms with Crippen molar-refractivity contribution < 1.29 is 4.74 Å². The Kier molecular flexibility index (Phi) is 2.95. The number of hydrogen-bond acceptors (Lipinski definition) is 3. The maximum absolute atomic E-state index is 5.13. The lowest BCUT2D eigenvalue weighted by Crippen LogP contribution is -2.18. The lowest BCUT2D eigenvalue weighted by Gasteiger charge is -2.11. The van der Waals surface area contributed by atoms with E-state index < -0.39 is 0 Å². The van der Waals surface area contributed by atoms with Crippen LogP contribution in [0.2, 0.25) is 0 Å². The van der Waals surface area contributed by atoms with E-state index in [2.05, 4.69) is 22.4 Å². The zero-order valence-corrected chi connectivity index (χ0v) is 10.1. The Morgan fingerprint density at radius 3 is 3.12 bits per heavy atom. The fourth-order valence-corrected chi connectivity index (χ4v) is 2.91. The van der Waals surface area contributed by atoms with E-state index in [1.54, 1.807) is 7.11 Å². The standard InChI is InChI=1S/C14H18N2O/c1-17-9-11-4-10(7-15-8-11)5-12-6-13-2-3-14(12)16-13/h4-5,7-8,13-14,16H,2-3,6,9H2,1H3. The third-order valence-corrected chi connectivity index (χ3v) is 3.65. The summed E-state index contributed by atoms with van der Waals surface area (Å²) in [5, 5.41) is 3.62. The van der Waals surface area contributed by atoms with E-state index >= 15 is 0 Å². The van der Waals surface area contributed by atoms with Crippen molar-refractivity contribution in [2.24, 2.45) is 0 Å². The number of ether oxygens (including phenoxy) is 1. The van der Waals surface area contributed by atoms with Crippen molar-refractivity contribution in [3.05, 3.63) is 35.2 Å². The summed E-state index contributed by atoms with van der Waals surface area (Å²) < 4.78 is 5.13. The maximum Gasteiger partial charge on any atom is 0.0728 e. The molecular formula is C14H18N2O. The van der Waals surface area contributed by atoms with E-state index in [-0.39, 0.29) is 0 Å². The predicted molar refractivity (Wildman–Crippen MR) is 67.5 cm³/mol. The van der Waals surface area contributed by atoms with Gasteiger partial charge < -0.3 is 10.1 Å². The zero-order valence-electron chi connectivity index (χ0n) is 10.1. The first-order valence-electron chi connectivity index (χ1n) is 6.24. The molecule has 3 nitrogen and oxygen atoms in total. The molecule has 0 saturated carbocycles. The molecule has 17 heavy (non-hydrogen) atoms. The molecule has 3 heteroatoms. The molecule has 1 N–H and O–H groups in total. The van der Waals surface area contributed by atoms with Crippen LogP contribution in [0.4, 0.5) is 0 Å². The number of fused-ring (bicyclic) bond motifs is 2. The summed E-state index contributed by atoms with van der Waals surface area (Å²) in [6, 6.07) is 3.50. The van der Waals surface area contributed by atoms with E-state index in [4.69, 9.17) is 4.74 Å². The van der Waals surface area contributed by atoms with Crippen LogP contribution in [-0.4, -0.2) is 24.2 Å². The third kappa shape index (κ3) is 2.26. The number of nitrogens with one attached hydrogen (secondary N) is 1. The second kappa shape index (κ2) is 4.59. The highest BCUT2D eigenvalue weighted by molar-refractivity contribution is 5.55. The molecule has 90 valence electrons. The minimum absolute atomic E-state index is 0.617. The monoisotopic (exact) mass is 230 g/mol. The summed E-state index contributed by atoms with van der Waals surface area (Å²) in [4.78, 5) is 4.26. The Morgan fingerprint density at radius 2 is 2.41 bits per heavy atom. The quantitative estimate of drug-likeness (QED) is 0.863. The normalized spacial score (nSPS) is 29.1. The van der Waals surface area contributed by atoms with E-state index in [9.17, 15) is 0 Å². The van der Waals surface area contributed by atoms with Gasteiger partial charge in [0.25, 0.3) is 0 Å². The number of pyridine rings is 1. The molecule has 3 rings (SSSR count). The van der Waals surface area contributed by atoms with Gasteiger partial charge in [-0.25, -0.2) is 0 Å². The summed E-state index contributed by atoms with van der Waals surface area (Å²) in [6.07, 6.45) is 9.93. The van der Waals surface area contributed by atoms with Crippen molar-refractivity contribution >= 4 is 6.08 Å². The van der Waals surface area contributed by atoms with Crippen LogP contribution in [0.25, 0.3) is 6.08 Å². The van der Waals surface area contributed by atoms with Crippen LogP contribution in [0.3, 0.4) is 0 Å². The lowest BCUT2D eigenvalue weighted by molar-refractivity contribution is 0.184. The molecule has 0 amide bonds. The molecule has 0 radical (unpaired) electrons. The minimum atomic E-state index is 0.617. The number of aromatic nitrogens is 1. The Hall–Kier alpha value is -1.19. The van der Waals surface area contributed by atoms with Gasteiger partial charge in [0.1, 0.15) is 0 Å². The summed E-state index contributed by atoms with van der Waals surface area (Å²) in [5.41, 5.74) is 3.87. The highest BCUT2D eigenvalue weighted by Gasteiger charge is 2.34. The first-order valence-corrected chi connectivity index (χ1v) is 6.24. The van der Waals surface area contributed by atoms with Crippen molar-refractivity contribution in [3.8, 4) is 0 Å². The van der Waals surface area contributed by atoms with Crippen molar-refractivity contribution in [2.75, 3.05) is 7.11 Å². The van der Waals surface area contributed by atoms with Crippen LogP contribution >= 0.6 is 0 Å². The van der Waals surface area contributed by atoms with E-state index in [1.807, 2.05) is 12.4 Å². The average Bonchev–Trinajstić information content (AvgIpc) is 2.92. The van der Waals surface area contributed by atoms with Crippen LogP contribution < -0.4 is 5.32 Å². The summed E-state index contributed by atoms with van der Waals surface area (Å²) in [5.74, 6) is 0. The lowest BCUT2D eigenvalue weighted by atomic mass is 9.93. The van der Waals surface area contributed by atoms with Crippen molar-refractivity contribution in [1.82, 2.24) is 10.3 Å². The Labute approximate surface area is 102 Å². The summed E-state index contributed by atoms with van der Waals surface area (Å²) in [7, 11) is 1.71. The van der Waals surface area contributed by atoms with Crippen LogP contribution in [0.1, 0.15) is 30.4 Å². The molecule has 1 aromatic heterocycles. The first kappa shape index (κ1) is 10.9. The molecule has 2 aliphatic rings. The number of rotatable bonds is 3. The van der Waals surface area contributed by atoms with E-state index in [0.717, 1.165) is 11.6 Å². The topological polar surface area (TPSA) is 34.1 Å². The Morgan fingerprint density at radius 1 is 1.47 bits per heavy atom. The Balaban J connectivity index is 1.80. The van der Waals surface area contributed by atoms with Gasteiger partial charge in [0.05, 0.1) is 6.61 Å². The van der Waals surface area contributed by atoms with E-state index in [1.165, 1.54) is 30.4 Å². The van der Waals surface area contributed by atoms with Crippen molar-refractivity contribution in [3.63, 3.8) is 0 Å². The zero-order chi connectivity index (χ0) is 11.7. The van der Waals surface area contributed by atoms with Gasteiger partial charge in [0.15, 0.2) is 0 Å². The molecule has 2 fully saturated rings. The average molecular weight is 230 g/mol. The van der Waals surface area contributed by atoms with Gasteiger partial charge in [-0.3, -0.25) is 4.98 Å². The molecule has 3 heterocycles. The van der Waals surface area contributed by atoms with Gasteiger partial charge in [-0.2, -0.15) is 0 Å². The smallest absolute Gasteiger partial charge is 0.0728 e. The van der Waals surface area contributed by atoms with Crippen LogP contribution in [0.15, 0.2) is 24.0 Å². The molecule has 2 aliphatic heterocycles. The highest BCUT2D eigenvalue weighted by atomic mass is 16.5. The third-order valence-electron chi connectivity index (χ3n) is 3.65. The van der Waals surface area contributed by atoms with Gasteiger partial charge in [-0.1, -0.05) is 11.6 Å². The fourth-order valence-electron chi connectivity index (χ4n) is 2.91. The second-order valence-corrected chi connectivity index (χ2v) is 4.98. The number of hydrogen-bond donors (Lipinski definition) is 1. The number of nitrogens with zero attached hydrogens (tertiary/aromatic N) is 1. The number of methoxy groups -OCH3 is 1. The molecule has 0 aromatic carbocycles. The fraction of sp³-hybridized carbons (Fsp3) is 0.500. The van der Waals surface area contributed by atoms with Gasteiger partial charge in [0.2, 0.25) is 0 Å². The van der Waals surface area contributed by atoms with Crippen molar-refractivity contribution in [2.45, 2.75) is 38.0 Å². The molecule has 0 aliphatic carbocycles. The molecule has 2 bridgehead atoms. The second-order valence-electron chi connectivity index (χ2n) is 4.98. The predicted octanol–water partition coefficient (Wildman–Crippen LogP) is 2.14. The van der Waals surface area contributed by atoms with Gasteiger partial charge in [-0.15, -0.1) is 0 Å². The highest BCUT2D eigenvalue weighted by Crippen LogP contribution is 2.33. The van der Waals surface area contributed by atoms with Gasteiger partial charge in [0, 0.05) is 31.6 Å². The van der Waals surface area contributed by atoms with E-state index in [0.29, 0.717) is 12.6 Å². The van der Waals surface area contributed by atoms with Crippen LogP contribution in [0.5, 0.6) is 0 Å². The molecule has 2 unspecified atom stereocenters. The van der Waals surface area contributed by atoms with Gasteiger partial charge >= 0.3 is 0 Å². The summed E-state index contributed by atoms with van der Waals surface area (Å²) in [6.45, 7) is 0.633. The summed E-state index contributed by atoms with van der Waals surface area (Å²) >= 11 is 0.